The topological polar surface area (TPSA) is 63.2 Å². The molecule has 0 amide bonds. The molecule has 0 aliphatic carbocycles. The van der Waals surface area contributed by atoms with Gasteiger partial charge in [-0.2, -0.15) is 15.0 Å². The molecular weight excluding hydrogens is 266 g/mol. The molecule has 0 aliphatic heterocycles. The van der Waals surface area contributed by atoms with E-state index < -0.39 is 0 Å². The highest BCUT2D eigenvalue weighted by Gasteiger charge is 2.20. The molecule has 1 N–H and O–H groups in total. The Morgan fingerprint density at radius 3 is 2.37 bits per heavy atom. The molecule has 0 bridgehead atoms. The molecule has 1 aromatic rings. The van der Waals surface area contributed by atoms with Crippen LogP contribution in [0.25, 0.3) is 0 Å². The largest absolute Gasteiger partial charge is 0.382 e. The van der Waals surface area contributed by atoms with Gasteiger partial charge in [0.25, 0.3) is 0 Å². The molecule has 0 saturated carbocycles. The highest BCUT2D eigenvalue weighted by molar-refractivity contribution is 6.28. The zero-order valence-electron chi connectivity index (χ0n) is 12.2. The predicted molar refractivity (Wildman–Crippen MR) is 78.0 cm³/mol. The normalized spacial score (nSPS) is 11.5. The molecule has 0 fully saturated rings. The number of aromatic nitrogens is 3. The molecule has 108 valence electrons. The maximum atomic E-state index is 5.95. The van der Waals surface area contributed by atoms with Crippen LogP contribution in [0, 0.1) is 0 Å². The average molecular weight is 288 g/mol. The van der Waals surface area contributed by atoms with Crippen molar-refractivity contribution in [1.82, 2.24) is 15.0 Å². The SMILES string of the molecule is CCN(CC)c1nc(Cl)nc(NC(C)(C)COC)n1. The number of anilines is 2. The molecule has 0 spiro atoms. The van der Waals surface area contributed by atoms with Crippen LogP contribution in [-0.2, 0) is 4.74 Å². The van der Waals surface area contributed by atoms with Crippen molar-refractivity contribution < 1.29 is 4.74 Å². The lowest BCUT2D eigenvalue weighted by Crippen LogP contribution is -2.37. The van der Waals surface area contributed by atoms with Gasteiger partial charge in [-0.3, -0.25) is 0 Å². The van der Waals surface area contributed by atoms with Gasteiger partial charge in [0.05, 0.1) is 12.1 Å². The highest BCUT2D eigenvalue weighted by Crippen LogP contribution is 2.17. The van der Waals surface area contributed by atoms with Crippen molar-refractivity contribution in [3.05, 3.63) is 5.28 Å². The van der Waals surface area contributed by atoms with E-state index in [1.54, 1.807) is 7.11 Å². The number of hydrogen-bond acceptors (Lipinski definition) is 6. The van der Waals surface area contributed by atoms with Gasteiger partial charge in [0, 0.05) is 20.2 Å². The summed E-state index contributed by atoms with van der Waals surface area (Å²) in [5.41, 5.74) is -0.278. The van der Waals surface area contributed by atoms with Gasteiger partial charge < -0.3 is 15.0 Å². The first-order valence-electron chi connectivity index (χ1n) is 6.35. The quantitative estimate of drug-likeness (QED) is 0.829. The van der Waals surface area contributed by atoms with Crippen molar-refractivity contribution in [1.29, 1.82) is 0 Å². The third-order valence-corrected chi connectivity index (χ3v) is 2.77. The van der Waals surface area contributed by atoms with E-state index in [0.717, 1.165) is 13.1 Å². The van der Waals surface area contributed by atoms with E-state index in [1.165, 1.54) is 0 Å². The van der Waals surface area contributed by atoms with Crippen molar-refractivity contribution in [2.75, 3.05) is 37.0 Å². The smallest absolute Gasteiger partial charge is 0.231 e. The molecule has 0 atom stereocenters. The summed E-state index contributed by atoms with van der Waals surface area (Å²) < 4.78 is 5.15. The fourth-order valence-corrected chi connectivity index (χ4v) is 1.90. The molecule has 1 rings (SSSR count). The molecular formula is C12H22ClN5O. The van der Waals surface area contributed by atoms with E-state index in [2.05, 4.69) is 20.3 Å². The molecule has 0 aliphatic rings. The van der Waals surface area contributed by atoms with Crippen molar-refractivity contribution in [3.8, 4) is 0 Å². The average Bonchev–Trinajstić information content (AvgIpc) is 2.28. The zero-order chi connectivity index (χ0) is 14.5. The van der Waals surface area contributed by atoms with Crippen LogP contribution in [0.3, 0.4) is 0 Å². The Balaban J connectivity index is 2.96. The monoisotopic (exact) mass is 287 g/mol. The van der Waals surface area contributed by atoms with Gasteiger partial charge in [-0.25, -0.2) is 0 Å². The van der Waals surface area contributed by atoms with E-state index in [-0.39, 0.29) is 10.8 Å². The predicted octanol–water partition coefficient (Wildman–Crippen LogP) is 2.21. The van der Waals surface area contributed by atoms with Gasteiger partial charge in [0.15, 0.2) is 0 Å². The summed E-state index contributed by atoms with van der Waals surface area (Å²) in [4.78, 5) is 14.7. The van der Waals surface area contributed by atoms with Gasteiger partial charge in [0.1, 0.15) is 0 Å². The molecule has 1 heterocycles. The van der Waals surface area contributed by atoms with E-state index in [0.29, 0.717) is 18.5 Å². The number of ether oxygens (including phenoxy) is 1. The number of methoxy groups -OCH3 is 1. The lowest BCUT2D eigenvalue weighted by Gasteiger charge is -2.26. The van der Waals surface area contributed by atoms with Crippen LogP contribution in [0.1, 0.15) is 27.7 Å². The Morgan fingerprint density at radius 1 is 1.21 bits per heavy atom. The first-order valence-corrected chi connectivity index (χ1v) is 6.73. The third kappa shape index (κ3) is 4.80. The van der Waals surface area contributed by atoms with Gasteiger partial charge in [-0.1, -0.05) is 0 Å². The van der Waals surface area contributed by atoms with Gasteiger partial charge in [0.2, 0.25) is 17.2 Å². The maximum absolute atomic E-state index is 5.95. The fourth-order valence-electron chi connectivity index (χ4n) is 1.74. The molecule has 0 radical (unpaired) electrons. The third-order valence-electron chi connectivity index (χ3n) is 2.60. The summed E-state index contributed by atoms with van der Waals surface area (Å²) in [6.07, 6.45) is 0. The first kappa shape index (κ1) is 15.9. The molecule has 0 unspecified atom stereocenters. The van der Waals surface area contributed by atoms with Crippen LogP contribution in [0.4, 0.5) is 11.9 Å². The summed E-state index contributed by atoms with van der Waals surface area (Å²) in [5.74, 6) is 1.05. The highest BCUT2D eigenvalue weighted by atomic mass is 35.5. The molecule has 19 heavy (non-hydrogen) atoms. The number of rotatable bonds is 7. The number of hydrogen-bond donors (Lipinski definition) is 1. The molecule has 0 aromatic carbocycles. The van der Waals surface area contributed by atoms with Crippen LogP contribution in [0.5, 0.6) is 0 Å². The fraction of sp³-hybridized carbons (Fsp3) is 0.750. The first-order chi connectivity index (χ1) is 8.91. The van der Waals surface area contributed by atoms with Crippen molar-refractivity contribution in [2.45, 2.75) is 33.2 Å². The number of nitrogens with zero attached hydrogens (tertiary/aromatic N) is 4. The van der Waals surface area contributed by atoms with E-state index >= 15 is 0 Å². The van der Waals surface area contributed by atoms with Crippen LogP contribution in [-0.4, -0.2) is 47.3 Å². The Bertz CT molecular complexity index is 409. The summed E-state index contributed by atoms with van der Waals surface area (Å²) >= 11 is 5.95. The Hall–Kier alpha value is -1.14. The second kappa shape index (κ2) is 6.86. The molecule has 0 saturated heterocycles. The van der Waals surface area contributed by atoms with Gasteiger partial charge in [-0.15, -0.1) is 0 Å². The van der Waals surface area contributed by atoms with Crippen molar-refractivity contribution in [3.63, 3.8) is 0 Å². The van der Waals surface area contributed by atoms with E-state index in [1.807, 2.05) is 32.6 Å². The molecule has 7 heteroatoms. The van der Waals surface area contributed by atoms with Crippen LogP contribution < -0.4 is 10.2 Å². The standard InChI is InChI=1S/C12H22ClN5O/c1-6-18(7-2)11-15-9(13)14-10(16-11)17-12(3,4)8-19-5/h6-8H2,1-5H3,(H,14,15,16,17). The Morgan fingerprint density at radius 2 is 1.84 bits per heavy atom. The number of nitrogens with one attached hydrogen (secondary N) is 1. The van der Waals surface area contributed by atoms with E-state index in [4.69, 9.17) is 16.3 Å². The summed E-state index contributed by atoms with van der Waals surface area (Å²) in [6.45, 7) is 10.3. The second-order valence-electron chi connectivity index (χ2n) is 4.84. The lowest BCUT2D eigenvalue weighted by molar-refractivity contribution is 0.158. The zero-order valence-corrected chi connectivity index (χ0v) is 13.0. The minimum absolute atomic E-state index is 0.188. The van der Waals surface area contributed by atoms with Crippen LogP contribution in [0.2, 0.25) is 5.28 Å². The van der Waals surface area contributed by atoms with Crippen molar-refractivity contribution >= 4 is 23.5 Å². The molecule has 1 aromatic heterocycles. The molecule has 6 nitrogen and oxygen atoms in total. The lowest BCUT2D eigenvalue weighted by atomic mass is 10.1. The Kier molecular flexibility index (Phi) is 5.75. The second-order valence-corrected chi connectivity index (χ2v) is 5.18. The van der Waals surface area contributed by atoms with Gasteiger partial charge in [-0.05, 0) is 39.3 Å². The Labute approximate surface area is 119 Å². The summed E-state index contributed by atoms with van der Waals surface area (Å²) in [5, 5.41) is 3.39. The van der Waals surface area contributed by atoms with Gasteiger partial charge >= 0.3 is 0 Å². The van der Waals surface area contributed by atoms with Crippen molar-refractivity contribution in [2.24, 2.45) is 0 Å². The van der Waals surface area contributed by atoms with Crippen LogP contribution in [0.15, 0.2) is 0 Å². The summed E-state index contributed by atoms with van der Waals surface area (Å²) in [6, 6.07) is 0. The number of halogens is 1. The minimum Gasteiger partial charge on any atom is -0.382 e. The summed E-state index contributed by atoms with van der Waals surface area (Å²) in [7, 11) is 1.66. The maximum Gasteiger partial charge on any atom is 0.231 e. The van der Waals surface area contributed by atoms with Crippen LogP contribution >= 0.6 is 11.6 Å². The minimum atomic E-state index is -0.278. The van der Waals surface area contributed by atoms with E-state index in [9.17, 15) is 0 Å².